The number of carbonyl (C=O) groups is 1. The summed E-state index contributed by atoms with van der Waals surface area (Å²) >= 11 is 0. The maximum Gasteiger partial charge on any atom is 0.328 e. The summed E-state index contributed by atoms with van der Waals surface area (Å²) in [5, 5.41) is 19.5. The van der Waals surface area contributed by atoms with Crippen molar-refractivity contribution in [2.45, 2.75) is 25.7 Å². The number of carboxylic acids is 1. The number of aliphatic hydroxyl groups excluding tert-OH is 1. The van der Waals surface area contributed by atoms with E-state index in [1.54, 1.807) is 6.08 Å². The van der Waals surface area contributed by atoms with Gasteiger partial charge >= 0.3 is 5.97 Å². The largest absolute Gasteiger partial charge is 0.494 e. The van der Waals surface area contributed by atoms with Crippen molar-refractivity contribution < 1.29 is 19.7 Å². The number of aliphatic hydroxyl groups is 1. The van der Waals surface area contributed by atoms with E-state index >= 15 is 0 Å². The van der Waals surface area contributed by atoms with Crippen molar-refractivity contribution in [1.29, 1.82) is 0 Å². The van der Waals surface area contributed by atoms with Gasteiger partial charge in [0, 0.05) is 12.7 Å². The minimum atomic E-state index is -0.951. The SMILES string of the molecule is O=C(O)/C=C/c1ccc2cc(OCCCCCCO)ccc2c1. The van der Waals surface area contributed by atoms with Crippen molar-refractivity contribution in [3.8, 4) is 5.75 Å². The first-order valence-corrected chi connectivity index (χ1v) is 7.87. The minimum Gasteiger partial charge on any atom is -0.494 e. The van der Waals surface area contributed by atoms with Gasteiger partial charge in [0.1, 0.15) is 5.75 Å². The topological polar surface area (TPSA) is 66.8 Å². The number of ether oxygens (including phenoxy) is 1. The summed E-state index contributed by atoms with van der Waals surface area (Å²) in [4.78, 5) is 10.5. The summed E-state index contributed by atoms with van der Waals surface area (Å²) in [7, 11) is 0. The molecule has 4 heteroatoms. The van der Waals surface area contributed by atoms with E-state index in [9.17, 15) is 4.79 Å². The number of benzene rings is 2. The Bertz CT molecular complexity index is 676. The molecule has 0 saturated heterocycles. The molecule has 4 nitrogen and oxygen atoms in total. The van der Waals surface area contributed by atoms with E-state index in [-0.39, 0.29) is 6.61 Å². The molecule has 0 bridgehead atoms. The molecule has 122 valence electrons. The highest BCUT2D eigenvalue weighted by Gasteiger charge is 1.99. The summed E-state index contributed by atoms with van der Waals surface area (Å²) in [6.07, 6.45) is 6.65. The Morgan fingerprint density at radius 2 is 1.74 bits per heavy atom. The first kappa shape index (κ1) is 17.0. The van der Waals surface area contributed by atoms with E-state index in [1.165, 1.54) is 0 Å². The number of hydrogen-bond donors (Lipinski definition) is 2. The Morgan fingerprint density at radius 3 is 2.52 bits per heavy atom. The number of aliphatic carboxylic acids is 1. The van der Waals surface area contributed by atoms with Crippen LogP contribution in [0.25, 0.3) is 16.8 Å². The molecule has 0 amide bonds. The van der Waals surface area contributed by atoms with Gasteiger partial charge in [0.25, 0.3) is 0 Å². The molecule has 23 heavy (non-hydrogen) atoms. The summed E-state index contributed by atoms with van der Waals surface area (Å²) in [5.74, 6) is -0.110. The van der Waals surface area contributed by atoms with Crippen molar-refractivity contribution >= 4 is 22.8 Å². The lowest BCUT2D eigenvalue weighted by Crippen LogP contribution is -1.97. The van der Waals surface area contributed by atoms with E-state index in [0.717, 1.165) is 53.8 Å². The van der Waals surface area contributed by atoms with Gasteiger partial charge in [-0.05, 0) is 59.9 Å². The Balaban J connectivity index is 1.94. The quantitative estimate of drug-likeness (QED) is 0.544. The van der Waals surface area contributed by atoms with E-state index in [2.05, 4.69) is 0 Å². The molecular formula is C19H22O4. The fraction of sp³-hybridized carbons (Fsp3) is 0.316. The molecule has 0 unspecified atom stereocenters. The zero-order valence-corrected chi connectivity index (χ0v) is 13.1. The normalized spacial score (nSPS) is 11.2. The van der Waals surface area contributed by atoms with Gasteiger partial charge in [0.05, 0.1) is 6.61 Å². The molecule has 0 aromatic heterocycles. The van der Waals surface area contributed by atoms with Gasteiger partial charge in [-0.15, -0.1) is 0 Å². The second kappa shape index (κ2) is 8.96. The van der Waals surface area contributed by atoms with Gasteiger partial charge < -0.3 is 14.9 Å². The monoisotopic (exact) mass is 314 g/mol. The Kier molecular flexibility index (Phi) is 6.63. The average Bonchev–Trinajstić information content (AvgIpc) is 2.56. The third kappa shape index (κ3) is 5.75. The van der Waals surface area contributed by atoms with Crippen LogP contribution in [0.5, 0.6) is 5.75 Å². The van der Waals surface area contributed by atoms with Gasteiger partial charge in [0.15, 0.2) is 0 Å². The smallest absolute Gasteiger partial charge is 0.328 e. The predicted octanol–water partition coefficient (Wildman–Crippen LogP) is 3.87. The molecule has 2 aromatic rings. The molecule has 0 spiro atoms. The van der Waals surface area contributed by atoms with Crippen LogP contribution >= 0.6 is 0 Å². The molecule has 0 radical (unpaired) electrons. The van der Waals surface area contributed by atoms with E-state index < -0.39 is 5.97 Å². The molecule has 0 aliphatic carbocycles. The van der Waals surface area contributed by atoms with Crippen LogP contribution in [0.15, 0.2) is 42.5 Å². The number of unbranched alkanes of at least 4 members (excludes halogenated alkanes) is 3. The summed E-state index contributed by atoms with van der Waals surface area (Å²) in [6.45, 7) is 0.936. The first-order valence-electron chi connectivity index (χ1n) is 7.87. The Labute approximate surface area is 136 Å². The molecule has 0 aliphatic heterocycles. The van der Waals surface area contributed by atoms with E-state index in [0.29, 0.717) is 6.61 Å². The minimum absolute atomic E-state index is 0.259. The number of rotatable bonds is 9. The molecular weight excluding hydrogens is 292 g/mol. The zero-order chi connectivity index (χ0) is 16.5. The van der Waals surface area contributed by atoms with Gasteiger partial charge in [-0.3, -0.25) is 0 Å². The predicted molar refractivity (Wildman–Crippen MR) is 91.7 cm³/mol. The molecule has 0 saturated carbocycles. The van der Waals surface area contributed by atoms with Gasteiger partial charge in [-0.25, -0.2) is 4.79 Å². The fourth-order valence-electron chi connectivity index (χ4n) is 2.36. The van der Waals surface area contributed by atoms with Crippen LogP contribution in [0.3, 0.4) is 0 Å². The molecule has 0 heterocycles. The standard InChI is InChI=1S/C19H22O4/c20-11-3-1-2-4-12-23-18-9-8-16-13-15(6-10-19(21)22)5-7-17(16)14-18/h5-10,13-14,20H,1-4,11-12H2,(H,21,22)/b10-6+. The van der Waals surface area contributed by atoms with Gasteiger partial charge in [0.2, 0.25) is 0 Å². The molecule has 0 aliphatic rings. The van der Waals surface area contributed by atoms with E-state index in [1.807, 2.05) is 36.4 Å². The second-order valence-electron chi connectivity index (χ2n) is 5.43. The fourth-order valence-corrected chi connectivity index (χ4v) is 2.36. The van der Waals surface area contributed by atoms with E-state index in [4.69, 9.17) is 14.9 Å². The molecule has 0 atom stereocenters. The van der Waals surface area contributed by atoms with Crippen LogP contribution in [-0.2, 0) is 4.79 Å². The van der Waals surface area contributed by atoms with Crippen LogP contribution in [0.4, 0.5) is 0 Å². The maximum absolute atomic E-state index is 10.5. The summed E-state index contributed by atoms with van der Waals surface area (Å²) in [6, 6.07) is 11.7. The lowest BCUT2D eigenvalue weighted by Gasteiger charge is -2.08. The van der Waals surface area contributed by atoms with Crippen LogP contribution < -0.4 is 4.74 Å². The van der Waals surface area contributed by atoms with Crippen LogP contribution in [0, 0.1) is 0 Å². The van der Waals surface area contributed by atoms with Gasteiger partial charge in [-0.1, -0.05) is 24.6 Å². The van der Waals surface area contributed by atoms with Crippen molar-refractivity contribution in [2.75, 3.05) is 13.2 Å². The van der Waals surface area contributed by atoms with Crippen molar-refractivity contribution in [1.82, 2.24) is 0 Å². The first-order chi connectivity index (χ1) is 11.2. The molecule has 2 aromatic carbocycles. The number of carboxylic acid groups (broad SMARTS) is 1. The highest BCUT2D eigenvalue weighted by Crippen LogP contribution is 2.23. The van der Waals surface area contributed by atoms with Crippen molar-refractivity contribution in [2.24, 2.45) is 0 Å². The van der Waals surface area contributed by atoms with Crippen molar-refractivity contribution in [3.63, 3.8) is 0 Å². The third-order valence-corrected chi connectivity index (χ3v) is 3.58. The number of fused-ring (bicyclic) bond motifs is 1. The molecule has 2 N–H and O–H groups in total. The highest BCUT2D eigenvalue weighted by molar-refractivity contribution is 5.89. The maximum atomic E-state index is 10.5. The molecule has 2 rings (SSSR count). The van der Waals surface area contributed by atoms with Crippen LogP contribution in [0.2, 0.25) is 0 Å². The Hall–Kier alpha value is -2.33. The summed E-state index contributed by atoms with van der Waals surface area (Å²) < 4.78 is 5.75. The van der Waals surface area contributed by atoms with Crippen LogP contribution in [0.1, 0.15) is 31.2 Å². The summed E-state index contributed by atoms with van der Waals surface area (Å²) in [5.41, 5.74) is 0.859. The highest BCUT2D eigenvalue weighted by atomic mass is 16.5. The Morgan fingerprint density at radius 1 is 1.00 bits per heavy atom. The second-order valence-corrected chi connectivity index (χ2v) is 5.43. The third-order valence-electron chi connectivity index (χ3n) is 3.58. The lowest BCUT2D eigenvalue weighted by molar-refractivity contribution is -0.131. The lowest BCUT2D eigenvalue weighted by atomic mass is 10.1. The van der Waals surface area contributed by atoms with Crippen molar-refractivity contribution in [3.05, 3.63) is 48.0 Å². The van der Waals surface area contributed by atoms with Crippen LogP contribution in [-0.4, -0.2) is 29.4 Å². The average molecular weight is 314 g/mol. The van der Waals surface area contributed by atoms with Gasteiger partial charge in [-0.2, -0.15) is 0 Å². The zero-order valence-electron chi connectivity index (χ0n) is 13.1. The number of hydrogen-bond acceptors (Lipinski definition) is 3. The molecule has 0 fully saturated rings.